The molecule has 0 saturated carbocycles. The van der Waals surface area contributed by atoms with Crippen LogP contribution in [-0.2, 0) is 9.13 Å². The number of hydrogen-bond donors (Lipinski definition) is 0. The smallest absolute Gasteiger partial charge is 0.123 e. The molecule has 0 spiro atoms. The van der Waals surface area contributed by atoms with Crippen molar-refractivity contribution in [2.24, 2.45) is 0 Å². The van der Waals surface area contributed by atoms with Gasteiger partial charge in [-0.3, -0.25) is 0 Å². The third-order valence-electron chi connectivity index (χ3n) is 3.46. The van der Waals surface area contributed by atoms with Crippen molar-refractivity contribution in [1.82, 2.24) is 0 Å². The van der Waals surface area contributed by atoms with Crippen LogP contribution in [-0.4, -0.2) is 24.6 Å². The molecule has 0 N–H and O–H groups in total. The first-order valence-corrected chi connectivity index (χ1v) is 11.3. The van der Waals surface area contributed by atoms with Gasteiger partial charge in [0, 0.05) is 35.3 Å². The molecule has 0 heterocycles. The lowest BCUT2D eigenvalue weighted by atomic mass is 10.4. The monoisotopic (exact) mass is 334 g/mol. The summed E-state index contributed by atoms with van der Waals surface area (Å²) in [7, 11) is -5.46. The van der Waals surface area contributed by atoms with E-state index in [1.165, 1.54) is 0 Å². The Hall–Kier alpha value is -1.36. The lowest BCUT2D eigenvalue weighted by Crippen LogP contribution is -2.28. The van der Waals surface area contributed by atoms with E-state index in [1.807, 2.05) is 24.3 Å². The van der Waals surface area contributed by atoms with E-state index in [-0.39, 0.29) is 0 Å². The maximum atomic E-state index is 13.4. The first-order chi connectivity index (χ1) is 10.5. The van der Waals surface area contributed by atoms with Crippen molar-refractivity contribution in [2.75, 3.05) is 24.6 Å². The van der Waals surface area contributed by atoms with Crippen molar-refractivity contribution >= 4 is 24.9 Å². The first kappa shape index (κ1) is 18.7. The Kier molecular flexibility index (Phi) is 7.07. The van der Waals surface area contributed by atoms with E-state index in [9.17, 15) is 9.13 Å². The normalized spacial score (nSPS) is 11.6. The van der Waals surface area contributed by atoms with Gasteiger partial charge < -0.3 is 9.13 Å². The second-order valence-corrected chi connectivity index (χ2v) is 11.1. The van der Waals surface area contributed by atoms with E-state index in [2.05, 4.69) is 26.3 Å². The van der Waals surface area contributed by atoms with E-state index in [1.54, 1.807) is 24.3 Å². The summed E-state index contributed by atoms with van der Waals surface area (Å²) in [5.41, 5.74) is 0. The molecule has 0 aliphatic rings. The molecule has 0 bridgehead atoms. The van der Waals surface area contributed by atoms with Gasteiger partial charge in [0.05, 0.1) is 0 Å². The second-order valence-electron chi connectivity index (χ2n) is 5.15. The SMILES string of the molecule is C=CCP(=O)(CC=C)c1ccccc1P(=O)(CC=C)CC=C. The van der Waals surface area contributed by atoms with Crippen molar-refractivity contribution in [3.63, 3.8) is 0 Å². The minimum atomic E-state index is -2.73. The quantitative estimate of drug-likeness (QED) is 0.469. The molecule has 1 aromatic carbocycles. The molecule has 0 unspecified atom stereocenters. The Labute approximate surface area is 134 Å². The molecular formula is C18H24O2P2. The van der Waals surface area contributed by atoms with Crippen molar-refractivity contribution in [1.29, 1.82) is 0 Å². The summed E-state index contributed by atoms with van der Waals surface area (Å²) in [5.74, 6) is 0. The molecule has 0 aromatic heterocycles. The Balaban J connectivity index is 3.57. The summed E-state index contributed by atoms with van der Waals surface area (Å²) in [5, 5.41) is 1.36. The predicted molar refractivity (Wildman–Crippen MR) is 101 cm³/mol. The van der Waals surface area contributed by atoms with E-state index >= 15 is 0 Å². The summed E-state index contributed by atoms with van der Waals surface area (Å²) in [6.45, 7) is 14.8. The van der Waals surface area contributed by atoms with E-state index in [0.717, 1.165) is 0 Å². The van der Waals surface area contributed by atoms with Gasteiger partial charge in [-0.2, -0.15) is 0 Å². The molecular weight excluding hydrogens is 310 g/mol. The zero-order chi connectivity index (χ0) is 16.6. The fourth-order valence-electron chi connectivity index (χ4n) is 2.53. The van der Waals surface area contributed by atoms with Crippen LogP contribution in [0.1, 0.15) is 0 Å². The van der Waals surface area contributed by atoms with Crippen LogP contribution in [0.2, 0.25) is 0 Å². The second kappa shape index (κ2) is 8.32. The van der Waals surface area contributed by atoms with Gasteiger partial charge in [0.15, 0.2) is 0 Å². The van der Waals surface area contributed by atoms with E-state index in [0.29, 0.717) is 35.3 Å². The first-order valence-electron chi connectivity index (χ1n) is 7.17. The summed E-state index contributed by atoms with van der Waals surface area (Å²) in [4.78, 5) is 0. The molecule has 0 atom stereocenters. The fourth-order valence-corrected chi connectivity index (χ4v) is 8.08. The third-order valence-corrected chi connectivity index (χ3v) is 9.56. The van der Waals surface area contributed by atoms with Gasteiger partial charge >= 0.3 is 0 Å². The standard InChI is InChI=1S/C18H24O2P2/c1-5-13-21(19,14-6-2)17-11-9-10-12-18(17)22(20,15-7-3)16-8-4/h5-12H,1-4,13-16H2. The highest BCUT2D eigenvalue weighted by Gasteiger charge is 2.32. The molecule has 0 saturated heterocycles. The molecule has 0 aliphatic carbocycles. The predicted octanol–water partition coefficient (Wildman–Crippen LogP) is 4.41. The summed E-state index contributed by atoms with van der Waals surface area (Å²) < 4.78 is 26.8. The van der Waals surface area contributed by atoms with Crippen LogP contribution < -0.4 is 10.6 Å². The van der Waals surface area contributed by atoms with Crippen molar-refractivity contribution < 1.29 is 9.13 Å². The van der Waals surface area contributed by atoms with Crippen molar-refractivity contribution in [3.8, 4) is 0 Å². The molecule has 0 fully saturated rings. The lowest BCUT2D eigenvalue weighted by molar-refractivity contribution is 0.582. The Morgan fingerprint density at radius 3 is 1.18 bits per heavy atom. The van der Waals surface area contributed by atoms with Gasteiger partial charge in [0.25, 0.3) is 0 Å². The third kappa shape index (κ3) is 4.09. The van der Waals surface area contributed by atoms with Crippen molar-refractivity contribution in [2.45, 2.75) is 0 Å². The van der Waals surface area contributed by atoms with Crippen LogP contribution >= 0.6 is 14.3 Å². The molecule has 22 heavy (non-hydrogen) atoms. The van der Waals surface area contributed by atoms with Gasteiger partial charge in [-0.1, -0.05) is 48.6 Å². The highest BCUT2D eigenvalue weighted by atomic mass is 31.2. The Bertz CT molecular complexity index is 574. The highest BCUT2D eigenvalue weighted by molar-refractivity contribution is 7.78. The number of allylic oxidation sites excluding steroid dienone is 4. The van der Waals surface area contributed by atoms with Gasteiger partial charge in [-0.05, 0) is 0 Å². The lowest BCUT2D eigenvalue weighted by Gasteiger charge is -2.24. The van der Waals surface area contributed by atoms with Crippen LogP contribution in [0.5, 0.6) is 0 Å². The molecule has 0 aliphatic heterocycles. The maximum absolute atomic E-state index is 13.4. The van der Waals surface area contributed by atoms with Crippen LogP contribution in [0, 0.1) is 0 Å². The van der Waals surface area contributed by atoms with Gasteiger partial charge in [0.1, 0.15) is 14.3 Å². The average Bonchev–Trinajstić information content (AvgIpc) is 2.48. The van der Waals surface area contributed by atoms with Gasteiger partial charge in [-0.25, -0.2) is 0 Å². The Morgan fingerprint density at radius 2 is 0.955 bits per heavy atom. The average molecular weight is 334 g/mol. The summed E-state index contributed by atoms with van der Waals surface area (Å²) in [6, 6.07) is 7.32. The molecule has 0 radical (unpaired) electrons. The fraction of sp³-hybridized carbons (Fsp3) is 0.222. The number of hydrogen-bond acceptors (Lipinski definition) is 2. The molecule has 2 nitrogen and oxygen atoms in total. The number of benzene rings is 1. The van der Waals surface area contributed by atoms with Gasteiger partial charge in [-0.15, -0.1) is 26.3 Å². The minimum Gasteiger partial charge on any atom is -0.318 e. The topological polar surface area (TPSA) is 34.1 Å². The van der Waals surface area contributed by atoms with E-state index in [4.69, 9.17) is 0 Å². The largest absolute Gasteiger partial charge is 0.318 e. The van der Waals surface area contributed by atoms with Crippen LogP contribution in [0.4, 0.5) is 0 Å². The number of rotatable bonds is 10. The summed E-state index contributed by atoms with van der Waals surface area (Å²) >= 11 is 0. The highest BCUT2D eigenvalue weighted by Crippen LogP contribution is 2.50. The van der Waals surface area contributed by atoms with Crippen molar-refractivity contribution in [3.05, 3.63) is 74.9 Å². The van der Waals surface area contributed by atoms with Crippen LogP contribution in [0.15, 0.2) is 74.9 Å². The molecule has 118 valence electrons. The minimum absolute atomic E-state index is 0.373. The zero-order valence-corrected chi connectivity index (χ0v) is 14.8. The van der Waals surface area contributed by atoms with Crippen LogP contribution in [0.25, 0.3) is 0 Å². The summed E-state index contributed by atoms with van der Waals surface area (Å²) in [6.07, 6.45) is 8.13. The molecule has 1 aromatic rings. The molecule has 0 amide bonds. The van der Waals surface area contributed by atoms with Gasteiger partial charge in [0.2, 0.25) is 0 Å². The van der Waals surface area contributed by atoms with Crippen LogP contribution in [0.3, 0.4) is 0 Å². The Morgan fingerprint density at radius 1 is 0.682 bits per heavy atom. The zero-order valence-electron chi connectivity index (χ0n) is 13.0. The van der Waals surface area contributed by atoms with E-state index < -0.39 is 14.3 Å². The molecule has 4 heteroatoms. The molecule has 1 rings (SSSR count). The maximum Gasteiger partial charge on any atom is 0.123 e.